The van der Waals surface area contributed by atoms with Gasteiger partial charge >= 0.3 is 0 Å². The van der Waals surface area contributed by atoms with Gasteiger partial charge in [-0.1, -0.05) is 133 Å². The van der Waals surface area contributed by atoms with Crippen LogP contribution in [-0.2, 0) is 0 Å². The van der Waals surface area contributed by atoms with Crippen LogP contribution in [-0.4, -0.2) is 19.5 Å². The highest BCUT2D eigenvalue weighted by atomic mass is 15.0. The Morgan fingerprint density at radius 3 is 1.37 bits per heavy atom. The summed E-state index contributed by atoms with van der Waals surface area (Å²) in [4.78, 5) is 14.8. The highest BCUT2D eigenvalue weighted by Gasteiger charge is 2.13. The third-order valence-corrected chi connectivity index (χ3v) is 9.03. The first-order chi connectivity index (χ1) is 24.2. The van der Waals surface area contributed by atoms with Crippen molar-refractivity contribution in [2.45, 2.75) is 0 Å². The lowest BCUT2D eigenvalue weighted by molar-refractivity contribution is 1.07. The zero-order valence-corrected chi connectivity index (χ0v) is 26.6. The Morgan fingerprint density at radius 1 is 0.306 bits per heavy atom. The van der Waals surface area contributed by atoms with E-state index in [0.29, 0.717) is 17.5 Å². The van der Waals surface area contributed by atoms with Crippen molar-refractivity contribution in [3.63, 3.8) is 0 Å². The average molecular weight is 627 g/mol. The molecule has 2 heterocycles. The van der Waals surface area contributed by atoms with Crippen LogP contribution < -0.4 is 0 Å². The van der Waals surface area contributed by atoms with Crippen molar-refractivity contribution < 1.29 is 0 Å². The SMILES string of the molecule is c1ccc(-c2nc(-c3ccccc3)nc(-c3cccc(-c4cccc(-c5cccc(-n6ccc7cc8ccccc8cc76)c5)c4)c3)n2)cc1. The Balaban J connectivity index is 1.08. The summed E-state index contributed by atoms with van der Waals surface area (Å²) in [6, 6.07) is 61.4. The molecule has 0 radical (unpaired) electrons. The van der Waals surface area contributed by atoms with E-state index in [-0.39, 0.29) is 0 Å². The molecule has 0 N–H and O–H groups in total. The molecule has 0 amide bonds. The maximum atomic E-state index is 4.95. The first kappa shape index (κ1) is 28.6. The molecule has 4 nitrogen and oxygen atoms in total. The van der Waals surface area contributed by atoms with Crippen molar-refractivity contribution in [2.75, 3.05) is 0 Å². The van der Waals surface area contributed by atoms with Gasteiger partial charge in [-0.25, -0.2) is 15.0 Å². The molecule has 230 valence electrons. The van der Waals surface area contributed by atoms with Gasteiger partial charge < -0.3 is 4.57 Å². The van der Waals surface area contributed by atoms with E-state index in [1.54, 1.807) is 0 Å². The molecule has 49 heavy (non-hydrogen) atoms. The number of hydrogen-bond acceptors (Lipinski definition) is 3. The van der Waals surface area contributed by atoms with E-state index in [1.165, 1.54) is 21.7 Å². The molecule has 0 spiro atoms. The fraction of sp³-hybridized carbons (Fsp3) is 0. The van der Waals surface area contributed by atoms with Crippen molar-refractivity contribution in [1.82, 2.24) is 19.5 Å². The van der Waals surface area contributed by atoms with Gasteiger partial charge in [0, 0.05) is 34.0 Å². The van der Waals surface area contributed by atoms with Crippen LogP contribution >= 0.6 is 0 Å². The van der Waals surface area contributed by atoms with E-state index in [0.717, 1.165) is 44.6 Å². The molecular weight excluding hydrogens is 597 g/mol. The van der Waals surface area contributed by atoms with Crippen molar-refractivity contribution in [1.29, 1.82) is 0 Å². The summed E-state index contributed by atoms with van der Waals surface area (Å²) in [5, 5.41) is 3.73. The van der Waals surface area contributed by atoms with Gasteiger partial charge in [0.15, 0.2) is 17.5 Å². The van der Waals surface area contributed by atoms with Gasteiger partial charge in [0.2, 0.25) is 0 Å². The first-order valence-corrected chi connectivity index (χ1v) is 16.4. The van der Waals surface area contributed by atoms with Crippen LogP contribution in [0.1, 0.15) is 0 Å². The third-order valence-electron chi connectivity index (χ3n) is 9.03. The van der Waals surface area contributed by atoms with Gasteiger partial charge in [0.25, 0.3) is 0 Å². The normalized spacial score (nSPS) is 11.3. The smallest absolute Gasteiger partial charge is 0.164 e. The molecule has 4 heteroatoms. The molecule has 9 rings (SSSR count). The molecule has 0 aliphatic heterocycles. The van der Waals surface area contributed by atoms with Crippen LogP contribution in [0.4, 0.5) is 0 Å². The van der Waals surface area contributed by atoms with Crippen LogP contribution in [0.25, 0.3) is 83.8 Å². The molecule has 0 fully saturated rings. The molecule has 0 saturated heterocycles. The Kier molecular flexibility index (Phi) is 7.10. The van der Waals surface area contributed by atoms with Gasteiger partial charge in [-0.3, -0.25) is 0 Å². The highest BCUT2D eigenvalue weighted by molar-refractivity contribution is 5.97. The molecule has 0 bridgehead atoms. The van der Waals surface area contributed by atoms with Crippen molar-refractivity contribution in [3.05, 3.63) is 182 Å². The standard InChI is InChI=1S/C45H30N4/c1-3-12-31(13-4-1)43-46-44(32-14-5-2-6-15-32)48-45(47-43)40-22-10-20-36(28-40)34-18-9-19-35(26-34)37-21-11-23-41(29-37)49-25-24-39-27-33-16-7-8-17-38(33)30-42(39)49/h1-30H. The lowest BCUT2D eigenvalue weighted by atomic mass is 9.97. The van der Waals surface area contributed by atoms with Crippen molar-refractivity contribution >= 4 is 21.7 Å². The lowest BCUT2D eigenvalue weighted by Gasteiger charge is -2.11. The van der Waals surface area contributed by atoms with Gasteiger partial charge in [0.1, 0.15) is 0 Å². The Hall–Kier alpha value is -6.65. The van der Waals surface area contributed by atoms with Gasteiger partial charge in [-0.15, -0.1) is 0 Å². The molecule has 2 aromatic heterocycles. The second kappa shape index (κ2) is 12.2. The summed E-state index contributed by atoms with van der Waals surface area (Å²) in [5.74, 6) is 1.95. The van der Waals surface area contributed by atoms with E-state index < -0.39 is 0 Å². The summed E-state index contributed by atoms with van der Waals surface area (Å²) >= 11 is 0. The van der Waals surface area contributed by atoms with Gasteiger partial charge in [-0.2, -0.15) is 0 Å². The fourth-order valence-corrected chi connectivity index (χ4v) is 6.54. The fourth-order valence-electron chi connectivity index (χ4n) is 6.54. The maximum Gasteiger partial charge on any atom is 0.164 e. The zero-order valence-electron chi connectivity index (χ0n) is 26.6. The Bertz CT molecular complexity index is 2550. The Morgan fingerprint density at radius 2 is 0.755 bits per heavy atom. The van der Waals surface area contributed by atoms with E-state index in [4.69, 9.17) is 15.0 Å². The maximum absolute atomic E-state index is 4.95. The zero-order chi connectivity index (χ0) is 32.6. The van der Waals surface area contributed by atoms with Crippen molar-refractivity contribution in [3.8, 4) is 62.1 Å². The van der Waals surface area contributed by atoms with Crippen LogP contribution in [0, 0.1) is 0 Å². The lowest BCUT2D eigenvalue weighted by Crippen LogP contribution is -2.00. The summed E-state index contributed by atoms with van der Waals surface area (Å²) in [6.45, 7) is 0. The molecular formula is C45H30N4. The van der Waals surface area contributed by atoms with Gasteiger partial charge in [-0.05, 0) is 75.5 Å². The monoisotopic (exact) mass is 626 g/mol. The quantitative estimate of drug-likeness (QED) is 0.184. The molecule has 9 aromatic rings. The number of hydrogen-bond donors (Lipinski definition) is 0. The third kappa shape index (κ3) is 5.56. The van der Waals surface area contributed by atoms with Gasteiger partial charge in [0.05, 0.1) is 5.52 Å². The largest absolute Gasteiger partial charge is 0.317 e. The predicted molar refractivity (Wildman–Crippen MR) is 201 cm³/mol. The predicted octanol–water partition coefficient (Wildman–Crippen LogP) is 11.3. The number of nitrogens with zero attached hydrogens (tertiary/aromatic N) is 4. The minimum Gasteiger partial charge on any atom is -0.317 e. The van der Waals surface area contributed by atoms with Crippen molar-refractivity contribution in [2.24, 2.45) is 0 Å². The van der Waals surface area contributed by atoms with E-state index in [1.807, 2.05) is 60.7 Å². The summed E-state index contributed by atoms with van der Waals surface area (Å²) < 4.78 is 2.28. The van der Waals surface area contributed by atoms with Crippen LogP contribution in [0.3, 0.4) is 0 Å². The van der Waals surface area contributed by atoms with Crippen LogP contribution in [0.15, 0.2) is 182 Å². The number of fused-ring (bicyclic) bond motifs is 2. The topological polar surface area (TPSA) is 43.6 Å². The second-order valence-electron chi connectivity index (χ2n) is 12.2. The molecule has 0 atom stereocenters. The molecule has 0 unspecified atom stereocenters. The molecule has 0 saturated carbocycles. The first-order valence-electron chi connectivity index (χ1n) is 16.4. The minimum absolute atomic E-state index is 0.644. The number of rotatable bonds is 6. The summed E-state index contributed by atoms with van der Waals surface area (Å²) in [6.07, 6.45) is 2.16. The second-order valence-corrected chi connectivity index (χ2v) is 12.2. The molecule has 0 aliphatic rings. The van der Waals surface area contributed by atoms with E-state index in [2.05, 4.69) is 126 Å². The Labute approximate surface area is 284 Å². The number of benzene rings is 7. The number of aromatic nitrogens is 4. The molecule has 0 aliphatic carbocycles. The highest BCUT2D eigenvalue weighted by Crippen LogP contribution is 2.32. The van der Waals surface area contributed by atoms with E-state index >= 15 is 0 Å². The average Bonchev–Trinajstić information content (AvgIpc) is 3.60. The van der Waals surface area contributed by atoms with Crippen LogP contribution in [0.5, 0.6) is 0 Å². The minimum atomic E-state index is 0.644. The van der Waals surface area contributed by atoms with Crippen LogP contribution in [0.2, 0.25) is 0 Å². The summed E-state index contributed by atoms with van der Waals surface area (Å²) in [5.41, 5.74) is 9.73. The summed E-state index contributed by atoms with van der Waals surface area (Å²) in [7, 11) is 0. The molecule has 7 aromatic carbocycles. The van der Waals surface area contributed by atoms with E-state index in [9.17, 15) is 0 Å².